The molecule has 5 nitrogen and oxygen atoms in total. The second-order valence-corrected chi connectivity index (χ2v) is 6.63. The first-order chi connectivity index (χ1) is 12.1. The van der Waals surface area contributed by atoms with E-state index in [2.05, 4.69) is 22.1 Å². The monoisotopic (exact) mass is 358 g/mol. The van der Waals surface area contributed by atoms with Gasteiger partial charge in [-0.05, 0) is 37.2 Å². The summed E-state index contributed by atoms with van der Waals surface area (Å²) in [6, 6.07) is 7.56. The minimum Gasteiger partial charge on any atom is -0.354 e. The molecule has 0 radical (unpaired) electrons. The van der Waals surface area contributed by atoms with Crippen molar-refractivity contribution in [3.8, 4) is 0 Å². The van der Waals surface area contributed by atoms with E-state index >= 15 is 0 Å². The number of carbonyl (C=O) groups excluding carboxylic acids is 1. The van der Waals surface area contributed by atoms with Crippen molar-refractivity contribution in [1.82, 2.24) is 14.8 Å². The Balaban J connectivity index is 1.73. The molecule has 25 heavy (non-hydrogen) atoms. The molecule has 0 bridgehead atoms. The average molecular weight is 359 g/mol. The van der Waals surface area contributed by atoms with Crippen LogP contribution in [0.25, 0.3) is 0 Å². The van der Waals surface area contributed by atoms with Crippen molar-refractivity contribution >= 4 is 28.9 Å². The molecule has 0 saturated carbocycles. The van der Waals surface area contributed by atoms with Crippen LogP contribution in [0.3, 0.4) is 0 Å². The SMILES string of the molecule is CCN1CCN(C(=O)c2cncc(Nc3cccc(Cl)c3C)c2)CC1. The Morgan fingerprint density at radius 3 is 2.72 bits per heavy atom. The first-order valence-electron chi connectivity index (χ1n) is 8.57. The van der Waals surface area contributed by atoms with Gasteiger partial charge in [-0.3, -0.25) is 9.78 Å². The molecule has 1 saturated heterocycles. The number of nitrogens with zero attached hydrogens (tertiary/aromatic N) is 3. The van der Waals surface area contributed by atoms with E-state index in [1.54, 1.807) is 12.4 Å². The van der Waals surface area contributed by atoms with Crippen molar-refractivity contribution in [1.29, 1.82) is 0 Å². The third-order valence-electron chi connectivity index (χ3n) is 4.64. The summed E-state index contributed by atoms with van der Waals surface area (Å²) in [5.41, 5.74) is 3.27. The fraction of sp³-hybridized carbons (Fsp3) is 0.368. The number of rotatable bonds is 4. The Kier molecular flexibility index (Phi) is 5.56. The lowest BCUT2D eigenvalue weighted by Crippen LogP contribution is -2.48. The first-order valence-corrected chi connectivity index (χ1v) is 8.95. The smallest absolute Gasteiger partial charge is 0.255 e. The molecule has 2 heterocycles. The molecular formula is C19H23ClN4O. The van der Waals surface area contributed by atoms with Crippen molar-refractivity contribution in [2.24, 2.45) is 0 Å². The molecule has 3 rings (SSSR count). The van der Waals surface area contributed by atoms with Gasteiger partial charge in [0.25, 0.3) is 5.91 Å². The normalized spacial score (nSPS) is 15.2. The van der Waals surface area contributed by atoms with Crippen molar-refractivity contribution in [2.75, 3.05) is 38.0 Å². The number of anilines is 2. The van der Waals surface area contributed by atoms with E-state index in [4.69, 9.17) is 11.6 Å². The molecule has 1 N–H and O–H groups in total. The Bertz CT molecular complexity index is 757. The highest BCUT2D eigenvalue weighted by atomic mass is 35.5. The van der Waals surface area contributed by atoms with Crippen LogP contribution in [0.4, 0.5) is 11.4 Å². The zero-order valence-corrected chi connectivity index (χ0v) is 15.4. The van der Waals surface area contributed by atoms with Crippen molar-refractivity contribution in [3.63, 3.8) is 0 Å². The zero-order valence-electron chi connectivity index (χ0n) is 14.6. The largest absolute Gasteiger partial charge is 0.354 e. The third kappa shape index (κ3) is 4.11. The van der Waals surface area contributed by atoms with Gasteiger partial charge < -0.3 is 15.1 Å². The number of pyridine rings is 1. The zero-order chi connectivity index (χ0) is 17.8. The second-order valence-electron chi connectivity index (χ2n) is 6.23. The first kappa shape index (κ1) is 17.7. The van der Waals surface area contributed by atoms with Crippen LogP contribution in [-0.2, 0) is 0 Å². The Morgan fingerprint density at radius 2 is 2.00 bits per heavy atom. The van der Waals surface area contributed by atoms with Crippen LogP contribution >= 0.6 is 11.6 Å². The van der Waals surface area contributed by atoms with Crippen LogP contribution in [0, 0.1) is 6.92 Å². The van der Waals surface area contributed by atoms with Gasteiger partial charge in [0.2, 0.25) is 0 Å². The van der Waals surface area contributed by atoms with Crippen LogP contribution in [0.1, 0.15) is 22.8 Å². The fourth-order valence-electron chi connectivity index (χ4n) is 2.97. The highest BCUT2D eigenvalue weighted by molar-refractivity contribution is 6.31. The van der Waals surface area contributed by atoms with Gasteiger partial charge in [0, 0.05) is 43.1 Å². The predicted molar refractivity (Wildman–Crippen MR) is 102 cm³/mol. The summed E-state index contributed by atoms with van der Waals surface area (Å²) in [5.74, 6) is 0.0368. The predicted octanol–water partition coefficient (Wildman–Crippen LogP) is 3.56. The van der Waals surface area contributed by atoms with Crippen molar-refractivity contribution < 1.29 is 4.79 Å². The second kappa shape index (κ2) is 7.85. The van der Waals surface area contributed by atoms with E-state index in [1.165, 1.54) is 0 Å². The molecule has 0 spiro atoms. The molecule has 1 aliphatic rings. The highest BCUT2D eigenvalue weighted by Gasteiger charge is 2.21. The molecule has 0 atom stereocenters. The van der Waals surface area contributed by atoms with Crippen molar-refractivity contribution in [2.45, 2.75) is 13.8 Å². The molecule has 1 aromatic carbocycles. The quantitative estimate of drug-likeness (QED) is 0.907. The minimum atomic E-state index is 0.0368. The van der Waals surface area contributed by atoms with Gasteiger partial charge in [-0.1, -0.05) is 24.6 Å². The van der Waals surface area contributed by atoms with Gasteiger partial charge in [-0.15, -0.1) is 0 Å². The number of aromatic nitrogens is 1. The summed E-state index contributed by atoms with van der Waals surface area (Å²) in [6.07, 6.45) is 3.34. The molecule has 1 aliphatic heterocycles. The summed E-state index contributed by atoms with van der Waals surface area (Å²) < 4.78 is 0. The van der Waals surface area contributed by atoms with E-state index in [0.717, 1.165) is 49.7 Å². The Hall–Kier alpha value is -2.11. The lowest BCUT2D eigenvalue weighted by molar-refractivity contribution is 0.0643. The number of likely N-dealkylation sites (N-methyl/N-ethyl adjacent to an activating group) is 1. The maximum atomic E-state index is 12.7. The minimum absolute atomic E-state index is 0.0368. The van der Waals surface area contributed by atoms with Gasteiger partial charge >= 0.3 is 0 Å². The summed E-state index contributed by atoms with van der Waals surface area (Å²) in [6.45, 7) is 8.51. The van der Waals surface area contributed by atoms with Crippen LogP contribution in [0.15, 0.2) is 36.7 Å². The van der Waals surface area contributed by atoms with Gasteiger partial charge in [0.15, 0.2) is 0 Å². The number of hydrogen-bond acceptors (Lipinski definition) is 4. The van der Waals surface area contributed by atoms with E-state index in [-0.39, 0.29) is 5.91 Å². The lowest BCUT2D eigenvalue weighted by Gasteiger charge is -2.34. The summed E-state index contributed by atoms with van der Waals surface area (Å²) in [4.78, 5) is 21.2. The molecule has 2 aromatic rings. The van der Waals surface area contributed by atoms with Crippen LogP contribution < -0.4 is 5.32 Å². The fourth-order valence-corrected chi connectivity index (χ4v) is 3.15. The molecule has 1 fully saturated rings. The molecular weight excluding hydrogens is 336 g/mol. The number of piperazine rings is 1. The molecule has 0 aliphatic carbocycles. The number of benzene rings is 1. The maximum absolute atomic E-state index is 12.7. The van der Waals surface area contributed by atoms with Crippen LogP contribution in [-0.4, -0.2) is 53.4 Å². The molecule has 132 valence electrons. The van der Waals surface area contributed by atoms with E-state index in [9.17, 15) is 4.79 Å². The van der Waals surface area contributed by atoms with E-state index < -0.39 is 0 Å². The molecule has 1 aromatic heterocycles. The summed E-state index contributed by atoms with van der Waals surface area (Å²) in [7, 11) is 0. The van der Waals surface area contributed by atoms with Crippen LogP contribution in [0.5, 0.6) is 0 Å². The average Bonchev–Trinajstić information content (AvgIpc) is 2.65. The number of carbonyl (C=O) groups is 1. The third-order valence-corrected chi connectivity index (χ3v) is 5.05. The molecule has 0 unspecified atom stereocenters. The van der Waals surface area contributed by atoms with Gasteiger partial charge in [-0.2, -0.15) is 0 Å². The number of hydrogen-bond donors (Lipinski definition) is 1. The molecule has 1 amide bonds. The summed E-state index contributed by atoms with van der Waals surface area (Å²) in [5, 5.41) is 4.01. The van der Waals surface area contributed by atoms with Crippen molar-refractivity contribution in [3.05, 3.63) is 52.8 Å². The Morgan fingerprint density at radius 1 is 1.24 bits per heavy atom. The summed E-state index contributed by atoms with van der Waals surface area (Å²) >= 11 is 6.17. The number of amides is 1. The molecule has 6 heteroatoms. The highest BCUT2D eigenvalue weighted by Crippen LogP contribution is 2.26. The standard InChI is InChI=1S/C19H23ClN4O/c1-3-23-7-9-24(10-8-23)19(25)15-11-16(13-21-12-15)22-18-6-4-5-17(20)14(18)2/h4-6,11-13,22H,3,7-10H2,1-2H3. The van der Waals surface area contributed by atoms with E-state index in [0.29, 0.717) is 10.6 Å². The van der Waals surface area contributed by atoms with E-state index in [1.807, 2.05) is 36.1 Å². The van der Waals surface area contributed by atoms with Gasteiger partial charge in [0.1, 0.15) is 0 Å². The topological polar surface area (TPSA) is 48.5 Å². The number of nitrogens with one attached hydrogen (secondary N) is 1. The Labute approximate surface area is 153 Å². The van der Waals surface area contributed by atoms with Gasteiger partial charge in [0.05, 0.1) is 17.4 Å². The van der Waals surface area contributed by atoms with Crippen LogP contribution in [0.2, 0.25) is 5.02 Å². The van der Waals surface area contributed by atoms with Gasteiger partial charge in [-0.25, -0.2) is 0 Å². The number of halogens is 1. The maximum Gasteiger partial charge on any atom is 0.255 e. The lowest BCUT2D eigenvalue weighted by atomic mass is 10.1.